The van der Waals surface area contributed by atoms with E-state index in [0.717, 1.165) is 35.5 Å². The van der Waals surface area contributed by atoms with Gasteiger partial charge in [0.2, 0.25) is 0 Å². The molecule has 55 heavy (non-hydrogen) atoms. The van der Waals surface area contributed by atoms with E-state index in [9.17, 15) is 0 Å². The van der Waals surface area contributed by atoms with Gasteiger partial charge in [0.05, 0.1) is 0 Å². The molecule has 0 heteroatoms. The predicted molar refractivity (Wildman–Crippen MR) is 236 cm³/mol. The average molecular weight is 729 g/mol. The quantitative estimate of drug-likeness (QED) is 0.197. The second-order valence-corrected chi connectivity index (χ2v) is 21.5. The summed E-state index contributed by atoms with van der Waals surface area (Å²) in [5.41, 5.74) is 21.8. The van der Waals surface area contributed by atoms with Crippen molar-refractivity contribution in [1.29, 1.82) is 0 Å². The lowest BCUT2D eigenvalue weighted by atomic mass is 9.49. The fourth-order valence-corrected chi connectivity index (χ4v) is 15.4. The van der Waals surface area contributed by atoms with Crippen molar-refractivity contribution in [1.82, 2.24) is 0 Å². The van der Waals surface area contributed by atoms with Gasteiger partial charge >= 0.3 is 0 Å². The SMILES string of the molecule is Cc1ccc2c(c1)C1=C(c3ccc4c(c3C1(C)C)-c1cc(C)c3c(C)cc(C)cc3c1C41CC(C3CCCCC3)C(C(C)C)C(C3CCCCC3)C1)C2(C)C. The molecule has 0 bridgehead atoms. The average Bonchev–Trinajstić information content (AvgIpc) is 3.66. The number of benzene rings is 4. The number of allylic oxidation sites excluding steroid dienone is 2. The van der Waals surface area contributed by atoms with E-state index in [-0.39, 0.29) is 16.2 Å². The molecule has 2 atom stereocenters. The highest BCUT2D eigenvalue weighted by Gasteiger charge is 2.59. The molecule has 0 radical (unpaired) electrons. The third kappa shape index (κ3) is 4.94. The molecule has 0 N–H and O–H groups in total. The fourth-order valence-electron chi connectivity index (χ4n) is 15.4. The summed E-state index contributed by atoms with van der Waals surface area (Å²) in [7, 11) is 0. The summed E-state index contributed by atoms with van der Waals surface area (Å²) in [6.07, 6.45) is 17.2. The van der Waals surface area contributed by atoms with E-state index in [0.29, 0.717) is 0 Å². The maximum absolute atomic E-state index is 2.74. The van der Waals surface area contributed by atoms with Gasteiger partial charge < -0.3 is 0 Å². The first-order valence-corrected chi connectivity index (χ1v) is 22.9. The van der Waals surface area contributed by atoms with Crippen molar-refractivity contribution in [2.45, 2.75) is 163 Å². The van der Waals surface area contributed by atoms with E-state index < -0.39 is 0 Å². The molecule has 0 nitrogen and oxygen atoms in total. The fraction of sp³-hybridized carbons (Fsp3) is 0.564. The second-order valence-electron chi connectivity index (χ2n) is 21.5. The van der Waals surface area contributed by atoms with Gasteiger partial charge in [-0.3, -0.25) is 0 Å². The van der Waals surface area contributed by atoms with Gasteiger partial charge in [0.15, 0.2) is 0 Å². The third-order valence-corrected chi connectivity index (χ3v) is 17.2. The van der Waals surface area contributed by atoms with Gasteiger partial charge in [0.25, 0.3) is 0 Å². The molecule has 6 aliphatic carbocycles. The first-order valence-electron chi connectivity index (χ1n) is 22.9. The largest absolute Gasteiger partial charge is 0.0625 e. The molecular weight excluding hydrogens is 661 g/mol. The first kappa shape index (κ1) is 36.2. The summed E-state index contributed by atoms with van der Waals surface area (Å²) in [6, 6.07) is 20.5. The van der Waals surface area contributed by atoms with E-state index in [4.69, 9.17) is 0 Å². The minimum Gasteiger partial charge on any atom is -0.0625 e. The molecule has 2 unspecified atom stereocenters. The van der Waals surface area contributed by atoms with Crippen LogP contribution < -0.4 is 0 Å². The van der Waals surface area contributed by atoms with E-state index in [1.165, 1.54) is 116 Å². The molecule has 4 aromatic rings. The summed E-state index contributed by atoms with van der Waals surface area (Å²) in [5.74, 6) is 4.90. The Kier molecular flexibility index (Phi) is 8.20. The minimum absolute atomic E-state index is 0.0186. The minimum atomic E-state index is -0.0822. The molecule has 3 fully saturated rings. The van der Waals surface area contributed by atoms with Crippen molar-refractivity contribution in [2.24, 2.45) is 35.5 Å². The Labute approximate surface area is 334 Å². The van der Waals surface area contributed by atoms with E-state index in [2.05, 4.69) is 118 Å². The van der Waals surface area contributed by atoms with Crippen molar-refractivity contribution in [2.75, 3.05) is 0 Å². The molecule has 6 aliphatic rings. The first-order chi connectivity index (χ1) is 26.3. The van der Waals surface area contributed by atoms with E-state index in [1.54, 1.807) is 49.9 Å². The molecule has 0 saturated heterocycles. The lowest BCUT2D eigenvalue weighted by molar-refractivity contribution is -0.0164. The van der Waals surface area contributed by atoms with E-state index in [1.807, 2.05) is 0 Å². The van der Waals surface area contributed by atoms with Gasteiger partial charge in [-0.1, -0.05) is 165 Å². The smallest absolute Gasteiger partial charge is 0.0227 e. The summed E-state index contributed by atoms with van der Waals surface area (Å²) in [5, 5.41) is 3.12. The number of hydrogen-bond acceptors (Lipinski definition) is 0. The molecule has 0 aliphatic heterocycles. The van der Waals surface area contributed by atoms with Gasteiger partial charge in [-0.05, 0) is 154 Å². The summed E-state index contributed by atoms with van der Waals surface area (Å²) >= 11 is 0. The number of aryl methyl sites for hydroxylation is 4. The molecule has 0 aromatic heterocycles. The van der Waals surface area contributed by atoms with Crippen LogP contribution in [0.5, 0.6) is 0 Å². The monoisotopic (exact) mass is 729 g/mol. The highest BCUT2D eigenvalue weighted by atomic mass is 14.6. The molecule has 288 valence electrons. The summed E-state index contributed by atoms with van der Waals surface area (Å²) in [4.78, 5) is 0. The molecule has 10 rings (SSSR count). The molecule has 1 spiro atoms. The van der Waals surface area contributed by atoms with Crippen molar-refractivity contribution < 1.29 is 0 Å². The van der Waals surface area contributed by atoms with Crippen molar-refractivity contribution in [3.8, 4) is 11.1 Å². The highest BCUT2D eigenvalue weighted by molar-refractivity contribution is 6.13. The molecule has 3 saturated carbocycles. The van der Waals surface area contributed by atoms with Crippen LogP contribution in [0, 0.1) is 63.2 Å². The van der Waals surface area contributed by atoms with Gasteiger partial charge in [-0.25, -0.2) is 0 Å². The lowest BCUT2D eigenvalue weighted by Crippen LogP contribution is -2.49. The molecule has 0 heterocycles. The Morgan fingerprint density at radius 1 is 0.545 bits per heavy atom. The third-order valence-electron chi connectivity index (χ3n) is 17.2. The highest BCUT2D eigenvalue weighted by Crippen LogP contribution is 2.70. The van der Waals surface area contributed by atoms with Crippen LogP contribution >= 0.6 is 0 Å². The molecule has 0 amide bonds. The zero-order chi connectivity index (χ0) is 38.3. The Balaban J connectivity index is 1.28. The predicted octanol–water partition coefficient (Wildman–Crippen LogP) is 15.3. The lowest BCUT2D eigenvalue weighted by Gasteiger charge is -2.55. The van der Waals surface area contributed by atoms with Gasteiger partial charge in [0, 0.05) is 16.2 Å². The van der Waals surface area contributed by atoms with Crippen molar-refractivity contribution in [3.63, 3.8) is 0 Å². The van der Waals surface area contributed by atoms with Gasteiger partial charge in [-0.2, -0.15) is 0 Å². The van der Waals surface area contributed by atoms with Crippen LogP contribution in [-0.2, 0) is 16.2 Å². The zero-order valence-electron chi connectivity index (χ0n) is 36.1. The zero-order valence-corrected chi connectivity index (χ0v) is 36.1. The Morgan fingerprint density at radius 2 is 1.13 bits per heavy atom. The van der Waals surface area contributed by atoms with Crippen LogP contribution in [0.4, 0.5) is 0 Å². The Hall–Kier alpha value is -3.12. The second kappa shape index (κ2) is 12.4. The number of fused-ring (bicyclic) bond motifs is 12. The maximum atomic E-state index is 2.74. The molecular formula is C55H68. The Bertz CT molecular complexity index is 2240. The van der Waals surface area contributed by atoms with Crippen LogP contribution in [0.25, 0.3) is 33.0 Å². The summed E-state index contributed by atoms with van der Waals surface area (Å²) < 4.78 is 0. The standard InChI is InChI=1S/C55H68/c1-31(2)46-42(36-17-13-11-14-18-36)29-55(30-43(46)37-19-15-12-16-20-37)45-24-22-38-50(48(45)41-28-35(6)47-34(5)25-33(4)27-40(47)49(41)55)54(9,10)52-39-26-32(3)21-23-44(39)53(7,8)51(38)52/h21-28,31,36-37,42-43,46H,11-20,29-30H2,1-10H3. The van der Waals surface area contributed by atoms with Crippen LogP contribution in [-0.4, -0.2) is 0 Å². The van der Waals surface area contributed by atoms with Crippen LogP contribution in [0.2, 0.25) is 0 Å². The maximum Gasteiger partial charge on any atom is 0.0227 e. The van der Waals surface area contributed by atoms with Crippen LogP contribution in [0.15, 0.2) is 48.5 Å². The normalized spacial score (nSPS) is 28.2. The summed E-state index contributed by atoms with van der Waals surface area (Å²) in [6.45, 7) is 24.9. The van der Waals surface area contributed by atoms with Crippen molar-refractivity contribution >= 4 is 21.9 Å². The van der Waals surface area contributed by atoms with Gasteiger partial charge in [0.1, 0.15) is 0 Å². The van der Waals surface area contributed by atoms with Crippen LogP contribution in [0.1, 0.15) is 174 Å². The number of rotatable bonds is 3. The van der Waals surface area contributed by atoms with E-state index >= 15 is 0 Å². The topological polar surface area (TPSA) is 0 Å². The Morgan fingerprint density at radius 3 is 1.75 bits per heavy atom. The van der Waals surface area contributed by atoms with Gasteiger partial charge in [-0.15, -0.1) is 0 Å². The van der Waals surface area contributed by atoms with Crippen molar-refractivity contribution in [3.05, 3.63) is 104 Å². The number of hydrogen-bond donors (Lipinski definition) is 0. The molecule has 4 aromatic carbocycles. The van der Waals surface area contributed by atoms with Crippen LogP contribution in [0.3, 0.4) is 0 Å².